The summed E-state index contributed by atoms with van der Waals surface area (Å²) in [4.78, 5) is 15.5. The molecule has 1 aliphatic rings. The summed E-state index contributed by atoms with van der Waals surface area (Å²) in [6.45, 7) is 0.513. The number of hydrogen-bond donors (Lipinski definition) is 0. The number of ketones is 1. The Kier molecular flexibility index (Phi) is 1.39. The largest absolute Gasteiger partial charge is 0.457 e. The van der Waals surface area contributed by atoms with Crippen molar-refractivity contribution in [1.82, 2.24) is 9.55 Å². The van der Waals surface area contributed by atoms with Crippen molar-refractivity contribution in [2.24, 2.45) is 0 Å². The molecule has 1 aromatic carbocycles. The second-order valence-corrected chi connectivity index (χ2v) is 3.30. The lowest BCUT2D eigenvalue weighted by molar-refractivity contribution is -0.123. The third-order valence-corrected chi connectivity index (χ3v) is 2.32. The summed E-state index contributed by atoms with van der Waals surface area (Å²) < 4.78 is 7.03. The van der Waals surface area contributed by atoms with Crippen LogP contribution >= 0.6 is 0 Å². The highest BCUT2D eigenvalue weighted by atomic mass is 16.5. The van der Waals surface area contributed by atoms with Gasteiger partial charge in [-0.15, -0.1) is 0 Å². The van der Waals surface area contributed by atoms with E-state index < -0.39 is 0 Å². The Hall–Kier alpha value is -1.84. The summed E-state index contributed by atoms with van der Waals surface area (Å²) >= 11 is 0. The van der Waals surface area contributed by atoms with Crippen LogP contribution in [0.5, 0.6) is 6.01 Å². The monoisotopic (exact) mass is 188 g/mol. The fourth-order valence-electron chi connectivity index (χ4n) is 1.68. The van der Waals surface area contributed by atoms with Crippen LogP contribution in [0, 0.1) is 0 Å². The molecule has 0 fully saturated rings. The highest BCUT2D eigenvalue weighted by molar-refractivity contribution is 5.85. The Morgan fingerprint density at radius 3 is 3.14 bits per heavy atom. The first kappa shape index (κ1) is 7.55. The van der Waals surface area contributed by atoms with Crippen molar-refractivity contribution >= 4 is 16.8 Å². The van der Waals surface area contributed by atoms with Crippen LogP contribution in [0.3, 0.4) is 0 Å². The molecule has 0 unspecified atom stereocenters. The lowest BCUT2D eigenvalue weighted by atomic mass is 10.3. The van der Waals surface area contributed by atoms with Crippen molar-refractivity contribution in [2.75, 3.05) is 6.61 Å². The van der Waals surface area contributed by atoms with Gasteiger partial charge in [-0.2, -0.15) is 4.98 Å². The first-order valence-corrected chi connectivity index (χ1v) is 4.44. The molecule has 0 atom stereocenters. The summed E-state index contributed by atoms with van der Waals surface area (Å²) in [7, 11) is 0. The normalized spacial score (nSPS) is 15.3. The number of aromatic nitrogens is 2. The van der Waals surface area contributed by atoms with Gasteiger partial charge in [0.05, 0.1) is 17.6 Å². The summed E-state index contributed by atoms with van der Waals surface area (Å²) in [6, 6.07) is 8.24. The van der Waals surface area contributed by atoms with Gasteiger partial charge in [-0.05, 0) is 12.1 Å². The summed E-state index contributed by atoms with van der Waals surface area (Å²) in [5, 5.41) is 0. The van der Waals surface area contributed by atoms with E-state index in [1.165, 1.54) is 0 Å². The number of ether oxygens (including phenoxy) is 1. The molecule has 14 heavy (non-hydrogen) atoms. The van der Waals surface area contributed by atoms with E-state index in [1.807, 2.05) is 24.3 Å². The molecule has 70 valence electrons. The quantitative estimate of drug-likeness (QED) is 0.619. The molecule has 2 heterocycles. The van der Waals surface area contributed by atoms with Gasteiger partial charge in [0.2, 0.25) is 0 Å². The van der Waals surface area contributed by atoms with Crippen molar-refractivity contribution in [2.45, 2.75) is 6.54 Å². The first-order valence-electron chi connectivity index (χ1n) is 4.44. The molecule has 3 rings (SSSR count). The fraction of sp³-hybridized carbons (Fsp3) is 0.200. The minimum atomic E-state index is 0.0839. The average molecular weight is 188 g/mol. The molecule has 0 aliphatic carbocycles. The van der Waals surface area contributed by atoms with E-state index in [9.17, 15) is 4.79 Å². The third kappa shape index (κ3) is 0.937. The summed E-state index contributed by atoms with van der Waals surface area (Å²) in [6.07, 6.45) is 0. The molecule has 0 spiro atoms. The molecular weight excluding hydrogens is 180 g/mol. The number of carbonyl (C=O) groups is 1. The molecule has 0 radical (unpaired) electrons. The van der Waals surface area contributed by atoms with Crippen LogP contribution in [0.2, 0.25) is 0 Å². The van der Waals surface area contributed by atoms with Crippen LogP contribution in [-0.2, 0) is 11.3 Å². The molecule has 1 aromatic heterocycles. The van der Waals surface area contributed by atoms with E-state index >= 15 is 0 Å². The molecule has 0 saturated heterocycles. The van der Waals surface area contributed by atoms with Gasteiger partial charge >= 0.3 is 0 Å². The lowest BCUT2D eigenvalue weighted by Gasteiger charge is -2.13. The average Bonchev–Trinajstić information content (AvgIpc) is 2.56. The van der Waals surface area contributed by atoms with Gasteiger partial charge in [0.15, 0.2) is 12.4 Å². The minimum Gasteiger partial charge on any atom is -0.457 e. The second-order valence-electron chi connectivity index (χ2n) is 3.30. The van der Waals surface area contributed by atoms with Crippen molar-refractivity contribution in [3.8, 4) is 6.01 Å². The topological polar surface area (TPSA) is 44.1 Å². The highest BCUT2D eigenvalue weighted by Crippen LogP contribution is 2.23. The molecule has 0 N–H and O–H groups in total. The van der Waals surface area contributed by atoms with Gasteiger partial charge in [-0.1, -0.05) is 12.1 Å². The van der Waals surface area contributed by atoms with E-state index in [1.54, 1.807) is 4.57 Å². The molecule has 2 aromatic rings. The van der Waals surface area contributed by atoms with Gasteiger partial charge < -0.3 is 4.74 Å². The standard InChI is InChI=1S/C10H8N2O2/c13-7-5-12-9-4-2-1-3-8(9)11-10(12)14-6-7/h1-4H,5-6H2. The van der Waals surface area contributed by atoms with Gasteiger partial charge in [0, 0.05) is 0 Å². The SMILES string of the molecule is O=C1COc2nc3ccccc3n2C1. The number of para-hydroxylation sites is 2. The Bertz CT molecular complexity index is 516. The number of carbonyl (C=O) groups excluding carboxylic acids is 1. The molecule has 0 bridgehead atoms. The van der Waals surface area contributed by atoms with Crippen molar-refractivity contribution < 1.29 is 9.53 Å². The maximum Gasteiger partial charge on any atom is 0.298 e. The first-order chi connectivity index (χ1) is 6.84. The molecule has 1 aliphatic heterocycles. The van der Waals surface area contributed by atoms with E-state index in [2.05, 4.69) is 4.98 Å². The summed E-state index contributed by atoms with van der Waals surface area (Å²) in [5.74, 6) is 0.0839. The maximum atomic E-state index is 11.2. The van der Waals surface area contributed by atoms with E-state index in [0.29, 0.717) is 12.6 Å². The zero-order chi connectivity index (χ0) is 9.54. The number of hydrogen-bond acceptors (Lipinski definition) is 3. The smallest absolute Gasteiger partial charge is 0.298 e. The number of nitrogens with zero attached hydrogens (tertiary/aromatic N) is 2. The van der Waals surface area contributed by atoms with Crippen LogP contribution in [0.15, 0.2) is 24.3 Å². The predicted octanol–water partition coefficient (Wildman–Crippen LogP) is 0.998. The van der Waals surface area contributed by atoms with Gasteiger partial charge in [-0.3, -0.25) is 9.36 Å². The fourth-order valence-corrected chi connectivity index (χ4v) is 1.68. The predicted molar refractivity (Wildman–Crippen MR) is 50.2 cm³/mol. The minimum absolute atomic E-state index is 0.0839. The summed E-state index contributed by atoms with van der Waals surface area (Å²) in [5.41, 5.74) is 1.83. The molecule has 0 amide bonds. The van der Waals surface area contributed by atoms with Crippen LogP contribution in [-0.4, -0.2) is 21.9 Å². The number of fused-ring (bicyclic) bond motifs is 3. The van der Waals surface area contributed by atoms with E-state index in [4.69, 9.17) is 4.74 Å². The second kappa shape index (κ2) is 2.57. The number of Topliss-reactive ketones (excluding diaryl/α,β-unsaturated/α-hetero) is 1. The van der Waals surface area contributed by atoms with Crippen LogP contribution < -0.4 is 4.74 Å². The van der Waals surface area contributed by atoms with E-state index in [0.717, 1.165) is 11.0 Å². The van der Waals surface area contributed by atoms with Crippen LogP contribution in [0.1, 0.15) is 0 Å². The number of rotatable bonds is 0. The Labute approximate surface area is 80.1 Å². The van der Waals surface area contributed by atoms with Gasteiger partial charge in [-0.25, -0.2) is 0 Å². The Balaban J connectivity index is 2.30. The van der Waals surface area contributed by atoms with Crippen molar-refractivity contribution in [1.29, 1.82) is 0 Å². The Morgan fingerprint density at radius 2 is 2.21 bits per heavy atom. The number of imidazole rings is 1. The maximum absolute atomic E-state index is 11.2. The van der Waals surface area contributed by atoms with Crippen molar-refractivity contribution in [3.05, 3.63) is 24.3 Å². The zero-order valence-electron chi connectivity index (χ0n) is 7.43. The van der Waals surface area contributed by atoms with Crippen LogP contribution in [0.4, 0.5) is 0 Å². The molecule has 4 nitrogen and oxygen atoms in total. The van der Waals surface area contributed by atoms with Gasteiger partial charge in [0.25, 0.3) is 6.01 Å². The Morgan fingerprint density at radius 1 is 1.36 bits per heavy atom. The molecular formula is C10H8N2O2. The van der Waals surface area contributed by atoms with E-state index in [-0.39, 0.29) is 12.4 Å². The third-order valence-electron chi connectivity index (χ3n) is 2.32. The number of benzene rings is 1. The van der Waals surface area contributed by atoms with Crippen LogP contribution in [0.25, 0.3) is 11.0 Å². The molecule has 4 heteroatoms. The zero-order valence-corrected chi connectivity index (χ0v) is 7.43. The van der Waals surface area contributed by atoms with Crippen molar-refractivity contribution in [3.63, 3.8) is 0 Å². The highest BCUT2D eigenvalue weighted by Gasteiger charge is 2.19. The lowest BCUT2D eigenvalue weighted by Crippen LogP contribution is -2.24. The van der Waals surface area contributed by atoms with Gasteiger partial charge in [0.1, 0.15) is 0 Å². The molecule has 0 saturated carbocycles.